The summed E-state index contributed by atoms with van der Waals surface area (Å²) < 4.78 is 1.94. The minimum absolute atomic E-state index is 0.00762. The van der Waals surface area contributed by atoms with E-state index in [1.54, 1.807) is 4.90 Å². The summed E-state index contributed by atoms with van der Waals surface area (Å²) in [6, 6.07) is 17.8. The van der Waals surface area contributed by atoms with E-state index in [4.69, 9.17) is 0 Å². The molecule has 3 aromatic rings. The number of aryl methyl sites for hydroxylation is 1. The molecule has 2 aromatic carbocycles. The fourth-order valence-corrected chi connectivity index (χ4v) is 4.58. The van der Waals surface area contributed by atoms with Gasteiger partial charge in [-0.2, -0.15) is 5.10 Å². The molecule has 4 rings (SSSR count). The molecule has 0 radical (unpaired) electrons. The molecule has 1 aliphatic heterocycles. The van der Waals surface area contributed by atoms with Gasteiger partial charge in [0, 0.05) is 31.6 Å². The number of amides is 2. The molecule has 1 N–H and O–H groups in total. The van der Waals surface area contributed by atoms with Crippen molar-refractivity contribution < 1.29 is 9.59 Å². The molecular weight excluding hydrogens is 412 g/mol. The second-order valence-electron chi connectivity index (χ2n) is 8.96. The van der Waals surface area contributed by atoms with Crippen LogP contribution in [0.5, 0.6) is 0 Å². The van der Waals surface area contributed by atoms with Crippen molar-refractivity contribution in [2.75, 3.05) is 13.1 Å². The van der Waals surface area contributed by atoms with Crippen LogP contribution in [0.15, 0.2) is 54.6 Å². The fraction of sp³-hybridized carbons (Fsp3) is 0.370. The molecule has 2 amide bonds. The van der Waals surface area contributed by atoms with Gasteiger partial charge in [0.25, 0.3) is 0 Å². The zero-order chi connectivity index (χ0) is 23.5. The zero-order valence-electron chi connectivity index (χ0n) is 19.8. The van der Waals surface area contributed by atoms with Crippen molar-refractivity contribution in [2.45, 2.75) is 52.6 Å². The van der Waals surface area contributed by atoms with E-state index in [-0.39, 0.29) is 17.9 Å². The highest BCUT2D eigenvalue weighted by molar-refractivity contribution is 5.89. The molecule has 2 heterocycles. The number of benzene rings is 2. The fourth-order valence-electron chi connectivity index (χ4n) is 4.58. The van der Waals surface area contributed by atoms with Gasteiger partial charge < -0.3 is 10.2 Å². The SMILES string of the molecule is Cc1nn([C@H](C)CC(=O)N2CCNC(=O)[C@@H]2Cc2cccc(-c3ccccc3)c2)c(C)c1C. The number of nitrogens with one attached hydrogen (secondary N) is 1. The summed E-state index contributed by atoms with van der Waals surface area (Å²) >= 11 is 0. The maximum atomic E-state index is 13.3. The number of nitrogens with zero attached hydrogens (tertiary/aromatic N) is 3. The lowest BCUT2D eigenvalue weighted by molar-refractivity contribution is -0.143. The smallest absolute Gasteiger partial charge is 0.243 e. The van der Waals surface area contributed by atoms with Crippen LogP contribution in [0.3, 0.4) is 0 Å². The Morgan fingerprint density at radius 2 is 1.82 bits per heavy atom. The van der Waals surface area contributed by atoms with Gasteiger partial charge >= 0.3 is 0 Å². The molecule has 1 fully saturated rings. The van der Waals surface area contributed by atoms with Crippen LogP contribution in [0, 0.1) is 20.8 Å². The van der Waals surface area contributed by atoms with E-state index >= 15 is 0 Å². The highest BCUT2D eigenvalue weighted by Crippen LogP contribution is 2.24. The number of piperazine rings is 1. The van der Waals surface area contributed by atoms with E-state index in [1.807, 2.05) is 55.8 Å². The van der Waals surface area contributed by atoms with Crippen LogP contribution in [-0.4, -0.2) is 45.6 Å². The van der Waals surface area contributed by atoms with Crippen molar-refractivity contribution >= 4 is 11.8 Å². The van der Waals surface area contributed by atoms with Crippen molar-refractivity contribution in [1.82, 2.24) is 20.0 Å². The Bertz CT molecular complexity index is 1150. The van der Waals surface area contributed by atoms with Crippen molar-refractivity contribution in [2.24, 2.45) is 0 Å². The second kappa shape index (κ2) is 9.61. The minimum Gasteiger partial charge on any atom is -0.353 e. The molecule has 6 nitrogen and oxygen atoms in total. The van der Waals surface area contributed by atoms with E-state index in [0.29, 0.717) is 25.9 Å². The molecular formula is C27H32N4O2. The standard InChI is InChI=1S/C27H32N4O2/c1-18(31-21(4)19(2)20(3)29-31)15-26(32)30-14-13-28-27(33)25(30)17-22-9-8-12-24(16-22)23-10-6-5-7-11-23/h5-12,16,18,25H,13-15,17H2,1-4H3,(H,28,33)/t18-,25+/m1/s1. The quantitative estimate of drug-likeness (QED) is 0.625. The summed E-state index contributed by atoms with van der Waals surface area (Å²) in [5, 5.41) is 7.55. The van der Waals surface area contributed by atoms with E-state index in [0.717, 1.165) is 33.6 Å². The van der Waals surface area contributed by atoms with Crippen LogP contribution < -0.4 is 5.32 Å². The van der Waals surface area contributed by atoms with Gasteiger partial charge in [-0.3, -0.25) is 14.3 Å². The molecule has 0 bridgehead atoms. The van der Waals surface area contributed by atoms with E-state index < -0.39 is 6.04 Å². The predicted octanol–water partition coefficient (Wildman–Crippen LogP) is 4.00. The summed E-state index contributed by atoms with van der Waals surface area (Å²) in [6.07, 6.45) is 0.806. The highest BCUT2D eigenvalue weighted by Gasteiger charge is 2.34. The minimum atomic E-state index is -0.508. The Hall–Kier alpha value is -3.41. The molecule has 1 aromatic heterocycles. The Morgan fingerprint density at radius 1 is 1.09 bits per heavy atom. The topological polar surface area (TPSA) is 67.2 Å². The molecule has 0 spiro atoms. The Kier molecular flexibility index (Phi) is 6.63. The Morgan fingerprint density at radius 3 is 2.52 bits per heavy atom. The van der Waals surface area contributed by atoms with E-state index in [2.05, 4.69) is 41.6 Å². The van der Waals surface area contributed by atoms with Gasteiger partial charge in [0.2, 0.25) is 11.8 Å². The monoisotopic (exact) mass is 444 g/mol. The number of aromatic nitrogens is 2. The third-order valence-electron chi connectivity index (χ3n) is 6.69. The molecule has 172 valence electrons. The first-order valence-electron chi connectivity index (χ1n) is 11.6. The van der Waals surface area contributed by atoms with Gasteiger partial charge in [-0.25, -0.2) is 0 Å². The molecule has 6 heteroatoms. The molecule has 2 atom stereocenters. The third-order valence-corrected chi connectivity index (χ3v) is 6.69. The second-order valence-corrected chi connectivity index (χ2v) is 8.96. The first kappa shape index (κ1) is 22.8. The molecule has 0 aliphatic carbocycles. The average Bonchev–Trinajstić information content (AvgIpc) is 3.08. The van der Waals surface area contributed by atoms with Gasteiger partial charge in [0.05, 0.1) is 11.7 Å². The molecule has 1 saturated heterocycles. The van der Waals surface area contributed by atoms with Gasteiger partial charge in [-0.15, -0.1) is 0 Å². The maximum absolute atomic E-state index is 13.3. The largest absolute Gasteiger partial charge is 0.353 e. The first-order valence-corrected chi connectivity index (χ1v) is 11.6. The lowest BCUT2D eigenvalue weighted by Crippen LogP contribution is -2.58. The van der Waals surface area contributed by atoms with Crippen molar-refractivity contribution in [3.05, 3.63) is 77.1 Å². The lowest BCUT2D eigenvalue weighted by atomic mass is 9.97. The maximum Gasteiger partial charge on any atom is 0.243 e. The summed E-state index contributed by atoms with van der Waals surface area (Å²) in [6.45, 7) is 9.10. The van der Waals surface area contributed by atoms with Crippen molar-refractivity contribution in [1.29, 1.82) is 0 Å². The summed E-state index contributed by atoms with van der Waals surface area (Å²) in [4.78, 5) is 27.9. The Balaban J connectivity index is 1.51. The number of carbonyl (C=O) groups excluding carboxylic acids is 2. The summed E-state index contributed by atoms with van der Waals surface area (Å²) in [5.74, 6) is -0.0962. The van der Waals surface area contributed by atoms with Gasteiger partial charge in [-0.1, -0.05) is 54.6 Å². The van der Waals surface area contributed by atoms with Crippen molar-refractivity contribution in [3.63, 3.8) is 0 Å². The summed E-state index contributed by atoms with van der Waals surface area (Å²) in [7, 11) is 0. The van der Waals surface area contributed by atoms with Crippen LogP contribution in [0.25, 0.3) is 11.1 Å². The number of rotatable bonds is 6. The van der Waals surface area contributed by atoms with Crippen LogP contribution in [0.4, 0.5) is 0 Å². The highest BCUT2D eigenvalue weighted by atomic mass is 16.2. The molecule has 0 saturated carbocycles. The predicted molar refractivity (Wildman–Crippen MR) is 130 cm³/mol. The number of carbonyl (C=O) groups is 2. The van der Waals surface area contributed by atoms with E-state index in [9.17, 15) is 9.59 Å². The zero-order valence-corrected chi connectivity index (χ0v) is 19.8. The third kappa shape index (κ3) is 4.85. The normalized spacial score (nSPS) is 17.0. The number of hydrogen-bond donors (Lipinski definition) is 1. The van der Waals surface area contributed by atoms with Gasteiger partial charge in [0.1, 0.15) is 6.04 Å². The average molecular weight is 445 g/mol. The number of hydrogen-bond acceptors (Lipinski definition) is 3. The summed E-state index contributed by atoms with van der Waals surface area (Å²) in [5.41, 5.74) is 6.50. The van der Waals surface area contributed by atoms with Gasteiger partial charge in [-0.05, 0) is 49.9 Å². The Labute approximate surface area is 195 Å². The molecule has 33 heavy (non-hydrogen) atoms. The lowest BCUT2D eigenvalue weighted by Gasteiger charge is -2.36. The van der Waals surface area contributed by atoms with Crippen LogP contribution in [0.2, 0.25) is 0 Å². The van der Waals surface area contributed by atoms with Crippen LogP contribution in [-0.2, 0) is 16.0 Å². The van der Waals surface area contributed by atoms with Crippen LogP contribution >= 0.6 is 0 Å². The van der Waals surface area contributed by atoms with Crippen molar-refractivity contribution in [3.8, 4) is 11.1 Å². The van der Waals surface area contributed by atoms with E-state index in [1.165, 1.54) is 0 Å². The van der Waals surface area contributed by atoms with Crippen LogP contribution in [0.1, 0.15) is 41.9 Å². The van der Waals surface area contributed by atoms with Gasteiger partial charge in [0.15, 0.2) is 0 Å². The molecule has 0 unspecified atom stereocenters. The molecule has 1 aliphatic rings. The first-order chi connectivity index (χ1) is 15.8.